The lowest BCUT2D eigenvalue weighted by atomic mass is 10.1. The molecule has 20 heavy (non-hydrogen) atoms. The summed E-state index contributed by atoms with van der Waals surface area (Å²) in [7, 11) is 1.54. The van der Waals surface area contributed by atoms with Crippen LogP contribution in [0.25, 0.3) is 10.9 Å². The number of fused-ring (bicyclic) bond motifs is 1. The fraction of sp³-hybridized carbons (Fsp3) is 0.286. The molecule has 0 spiro atoms. The van der Waals surface area contributed by atoms with Gasteiger partial charge in [0.25, 0.3) is 5.91 Å². The number of benzene rings is 1. The van der Waals surface area contributed by atoms with E-state index < -0.39 is 5.82 Å². The molecule has 0 bridgehead atoms. The Balaban J connectivity index is 2.43. The number of aromatic nitrogens is 1. The Kier molecular flexibility index (Phi) is 4.14. The second-order valence-corrected chi connectivity index (χ2v) is 4.34. The number of methoxy groups -OCH3 is 1. The Morgan fingerprint density at radius 3 is 2.80 bits per heavy atom. The van der Waals surface area contributed by atoms with Crippen molar-refractivity contribution < 1.29 is 18.7 Å². The summed E-state index contributed by atoms with van der Waals surface area (Å²) in [5, 5.41) is 3.22. The molecule has 0 fully saturated rings. The van der Waals surface area contributed by atoms with Crippen molar-refractivity contribution in [3.05, 3.63) is 35.8 Å². The highest BCUT2D eigenvalue weighted by molar-refractivity contribution is 6.09. The van der Waals surface area contributed by atoms with Gasteiger partial charge in [0, 0.05) is 32.2 Å². The molecule has 0 atom stereocenters. The van der Waals surface area contributed by atoms with E-state index >= 15 is 0 Å². The number of hydrogen-bond donors (Lipinski definition) is 1. The summed E-state index contributed by atoms with van der Waals surface area (Å²) in [5.41, 5.74) is 0.723. The predicted molar refractivity (Wildman–Crippen MR) is 72.4 cm³/mol. The first-order chi connectivity index (χ1) is 9.54. The highest BCUT2D eigenvalue weighted by Gasteiger charge is 2.16. The van der Waals surface area contributed by atoms with Crippen molar-refractivity contribution in [3.8, 4) is 0 Å². The van der Waals surface area contributed by atoms with E-state index in [0.29, 0.717) is 29.6 Å². The highest BCUT2D eigenvalue weighted by atomic mass is 19.1. The number of hydrogen-bond acceptors (Lipinski definition) is 3. The standard InChI is InChI=1S/C14H15FN2O3/c1-9(18)17-8-12(14(19)16-5-6-20-2)11-4-3-10(15)7-13(11)17/h3-4,7-8H,5-6H2,1-2H3,(H,16,19). The third kappa shape index (κ3) is 2.70. The molecule has 1 aromatic carbocycles. The van der Waals surface area contributed by atoms with Crippen molar-refractivity contribution >= 4 is 22.7 Å². The number of amides is 1. The van der Waals surface area contributed by atoms with Crippen molar-refractivity contribution in [1.82, 2.24) is 9.88 Å². The number of nitrogens with one attached hydrogen (secondary N) is 1. The average molecular weight is 278 g/mol. The van der Waals surface area contributed by atoms with Gasteiger partial charge in [-0.3, -0.25) is 14.2 Å². The number of carbonyl (C=O) groups is 2. The van der Waals surface area contributed by atoms with Crippen LogP contribution in [0.3, 0.4) is 0 Å². The Morgan fingerprint density at radius 2 is 2.15 bits per heavy atom. The number of nitrogens with zero attached hydrogens (tertiary/aromatic N) is 1. The molecule has 0 aliphatic heterocycles. The van der Waals surface area contributed by atoms with E-state index in [1.165, 1.54) is 43.0 Å². The monoisotopic (exact) mass is 278 g/mol. The first kappa shape index (κ1) is 14.2. The minimum Gasteiger partial charge on any atom is -0.383 e. The smallest absolute Gasteiger partial charge is 0.253 e. The maximum Gasteiger partial charge on any atom is 0.253 e. The largest absolute Gasteiger partial charge is 0.383 e. The zero-order valence-corrected chi connectivity index (χ0v) is 11.3. The lowest BCUT2D eigenvalue weighted by Crippen LogP contribution is -2.26. The van der Waals surface area contributed by atoms with Gasteiger partial charge in [0.2, 0.25) is 5.91 Å². The van der Waals surface area contributed by atoms with E-state index in [0.717, 1.165) is 0 Å². The maximum absolute atomic E-state index is 13.3. The van der Waals surface area contributed by atoms with Gasteiger partial charge in [-0.2, -0.15) is 0 Å². The van der Waals surface area contributed by atoms with Crippen LogP contribution in [0, 0.1) is 5.82 Å². The van der Waals surface area contributed by atoms with Gasteiger partial charge in [0.15, 0.2) is 0 Å². The SMILES string of the molecule is COCCNC(=O)c1cn(C(C)=O)c2cc(F)ccc12. The fourth-order valence-electron chi connectivity index (χ4n) is 2.00. The second-order valence-electron chi connectivity index (χ2n) is 4.34. The van der Waals surface area contributed by atoms with E-state index in [2.05, 4.69) is 5.32 Å². The lowest BCUT2D eigenvalue weighted by molar-refractivity contribution is 0.0938. The van der Waals surface area contributed by atoms with Crippen LogP contribution in [-0.2, 0) is 4.74 Å². The first-order valence-electron chi connectivity index (χ1n) is 6.13. The number of rotatable bonds is 4. The molecule has 1 N–H and O–H groups in total. The molecule has 0 saturated carbocycles. The Bertz CT molecular complexity index is 664. The molecular weight excluding hydrogens is 263 g/mol. The molecule has 106 valence electrons. The third-order valence-electron chi connectivity index (χ3n) is 2.94. The molecule has 5 nitrogen and oxygen atoms in total. The topological polar surface area (TPSA) is 60.3 Å². The molecule has 1 heterocycles. The summed E-state index contributed by atoms with van der Waals surface area (Å²) in [6.07, 6.45) is 1.43. The van der Waals surface area contributed by atoms with Gasteiger partial charge in [-0.1, -0.05) is 0 Å². The van der Waals surface area contributed by atoms with E-state index in [9.17, 15) is 14.0 Å². The van der Waals surface area contributed by atoms with E-state index in [1.54, 1.807) is 0 Å². The van der Waals surface area contributed by atoms with Gasteiger partial charge in [0.1, 0.15) is 5.82 Å². The zero-order chi connectivity index (χ0) is 14.7. The third-order valence-corrected chi connectivity index (χ3v) is 2.94. The van der Waals surface area contributed by atoms with Crippen LogP contribution in [0.4, 0.5) is 4.39 Å². The first-order valence-corrected chi connectivity index (χ1v) is 6.13. The van der Waals surface area contributed by atoms with Crippen LogP contribution in [0.2, 0.25) is 0 Å². The molecule has 2 aromatic rings. The summed E-state index contributed by atoms with van der Waals surface area (Å²) in [5.74, 6) is -1.06. The van der Waals surface area contributed by atoms with Crippen molar-refractivity contribution in [2.24, 2.45) is 0 Å². The van der Waals surface area contributed by atoms with Crippen LogP contribution in [0.1, 0.15) is 22.1 Å². The molecule has 2 rings (SSSR count). The van der Waals surface area contributed by atoms with Gasteiger partial charge in [0.05, 0.1) is 17.7 Å². The quantitative estimate of drug-likeness (QED) is 0.868. The second kappa shape index (κ2) is 5.83. The summed E-state index contributed by atoms with van der Waals surface area (Å²) in [6, 6.07) is 4.00. The molecule has 0 radical (unpaired) electrons. The van der Waals surface area contributed by atoms with Gasteiger partial charge < -0.3 is 10.1 Å². The van der Waals surface area contributed by atoms with Gasteiger partial charge in [-0.05, 0) is 18.2 Å². The van der Waals surface area contributed by atoms with Crippen molar-refractivity contribution in [2.45, 2.75) is 6.92 Å². The highest BCUT2D eigenvalue weighted by Crippen LogP contribution is 2.22. The zero-order valence-electron chi connectivity index (χ0n) is 11.3. The van der Waals surface area contributed by atoms with Crippen LogP contribution in [0.5, 0.6) is 0 Å². The Hall–Kier alpha value is -2.21. The number of carbonyl (C=O) groups excluding carboxylic acids is 2. The van der Waals surface area contributed by atoms with Gasteiger partial charge >= 0.3 is 0 Å². The van der Waals surface area contributed by atoms with Gasteiger partial charge in [-0.25, -0.2) is 4.39 Å². The molecule has 0 aliphatic carbocycles. The molecule has 0 saturated heterocycles. The molecule has 0 aliphatic rings. The minimum absolute atomic E-state index is 0.281. The van der Waals surface area contributed by atoms with Crippen molar-refractivity contribution in [2.75, 3.05) is 20.3 Å². The Labute approximate surface area is 115 Å². The van der Waals surface area contributed by atoms with Crippen molar-refractivity contribution in [1.29, 1.82) is 0 Å². The maximum atomic E-state index is 13.3. The van der Waals surface area contributed by atoms with Crippen LogP contribution >= 0.6 is 0 Å². The molecule has 6 heteroatoms. The van der Waals surface area contributed by atoms with E-state index in [-0.39, 0.29) is 11.8 Å². The van der Waals surface area contributed by atoms with Crippen LogP contribution < -0.4 is 5.32 Å². The van der Waals surface area contributed by atoms with E-state index in [4.69, 9.17) is 4.74 Å². The molecule has 0 unspecified atom stereocenters. The number of ether oxygens (including phenoxy) is 1. The summed E-state index contributed by atoms with van der Waals surface area (Å²) in [4.78, 5) is 23.6. The summed E-state index contributed by atoms with van der Waals surface area (Å²) < 4.78 is 19.4. The average Bonchev–Trinajstić information content (AvgIpc) is 2.77. The predicted octanol–water partition coefficient (Wildman–Crippen LogP) is 1.82. The fourth-order valence-corrected chi connectivity index (χ4v) is 2.00. The van der Waals surface area contributed by atoms with Crippen LogP contribution in [-0.4, -0.2) is 36.6 Å². The van der Waals surface area contributed by atoms with Gasteiger partial charge in [-0.15, -0.1) is 0 Å². The lowest BCUT2D eigenvalue weighted by Gasteiger charge is -2.02. The molecule has 1 aromatic heterocycles. The summed E-state index contributed by atoms with van der Waals surface area (Å²) in [6.45, 7) is 2.12. The van der Waals surface area contributed by atoms with E-state index in [1.807, 2.05) is 0 Å². The Morgan fingerprint density at radius 1 is 1.40 bits per heavy atom. The number of halogens is 1. The summed E-state index contributed by atoms with van der Waals surface area (Å²) >= 11 is 0. The normalized spacial score (nSPS) is 10.8. The minimum atomic E-state index is -0.454. The molecular formula is C14H15FN2O3. The van der Waals surface area contributed by atoms with Crippen LogP contribution in [0.15, 0.2) is 24.4 Å². The van der Waals surface area contributed by atoms with Crippen molar-refractivity contribution in [3.63, 3.8) is 0 Å². The molecule has 1 amide bonds.